The van der Waals surface area contributed by atoms with Gasteiger partial charge in [0.15, 0.2) is 0 Å². The molecule has 0 saturated carbocycles. The highest BCUT2D eigenvalue weighted by Gasteiger charge is 2.22. The second-order valence-electron chi connectivity index (χ2n) is 4.11. The van der Waals surface area contributed by atoms with E-state index in [1.54, 1.807) is 24.8 Å². The van der Waals surface area contributed by atoms with E-state index in [4.69, 9.17) is 0 Å². The average molecular weight is 241 g/mol. The molecule has 1 heterocycles. The number of fused-ring (bicyclic) bond motifs is 1. The first-order valence-electron chi connectivity index (χ1n) is 5.51. The summed E-state index contributed by atoms with van der Waals surface area (Å²) in [7, 11) is 0. The van der Waals surface area contributed by atoms with Gasteiger partial charge in [-0.2, -0.15) is 0 Å². The van der Waals surface area contributed by atoms with E-state index in [1.165, 1.54) is 6.07 Å². The van der Waals surface area contributed by atoms with Crippen molar-refractivity contribution < 1.29 is 9.50 Å². The van der Waals surface area contributed by atoms with Crippen LogP contribution in [0, 0.1) is 5.82 Å². The molecule has 16 heavy (non-hydrogen) atoms. The van der Waals surface area contributed by atoms with E-state index in [0.717, 1.165) is 22.6 Å². The summed E-state index contributed by atoms with van der Waals surface area (Å²) in [5.41, 5.74) is 1.02. The molecule has 0 saturated heterocycles. The van der Waals surface area contributed by atoms with Crippen LogP contribution < -0.4 is 5.32 Å². The molecule has 4 heteroatoms. The molecule has 0 fully saturated rings. The molecule has 0 bridgehead atoms. The zero-order valence-corrected chi connectivity index (χ0v) is 10.1. The Labute approximate surface area is 99.2 Å². The molecule has 0 amide bonds. The van der Waals surface area contributed by atoms with Crippen LogP contribution in [0.1, 0.15) is 24.9 Å². The molecule has 1 aromatic carbocycles. The number of hydrogen-bond donors (Lipinski definition) is 2. The third kappa shape index (κ3) is 2.56. The standard InChI is InChI=1S/C12H16FNOS/c1-8(15)7-14-11-5-6-16-12-9(11)3-2-4-10(12)13/h2-4,8,11,14-15H,5-7H2,1H3. The summed E-state index contributed by atoms with van der Waals surface area (Å²) in [5.74, 6) is 0.789. The molecule has 2 N–H and O–H groups in total. The van der Waals surface area contributed by atoms with Crippen LogP contribution >= 0.6 is 11.8 Å². The molecule has 2 unspecified atom stereocenters. The Hall–Kier alpha value is -0.580. The number of benzene rings is 1. The Morgan fingerprint density at radius 1 is 1.62 bits per heavy atom. The van der Waals surface area contributed by atoms with Crippen molar-refractivity contribution in [1.82, 2.24) is 5.32 Å². The van der Waals surface area contributed by atoms with Crippen molar-refractivity contribution in [2.45, 2.75) is 30.4 Å². The van der Waals surface area contributed by atoms with Crippen LogP contribution in [-0.2, 0) is 0 Å². The van der Waals surface area contributed by atoms with Gasteiger partial charge in [0.05, 0.1) is 6.10 Å². The molecule has 2 nitrogen and oxygen atoms in total. The summed E-state index contributed by atoms with van der Waals surface area (Å²) in [6.07, 6.45) is 0.611. The van der Waals surface area contributed by atoms with Gasteiger partial charge >= 0.3 is 0 Å². The molecule has 0 aliphatic carbocycles. The van der Waals surface area contributed by atoms with Crippen LogP contribution in [0.25, 0.3) is 0 Å². The first kappa shape index (κ1) is 11.9. The quantitative estimate of drug-likeness (QED) is 0.852. The minimum atomic E-state index is -0.369. The third-order valence-electron chi connectivity index (χ3n) is 2.69. The molecule has 88 valence electrons. The number of hydrogen-bond acceptors (Lipinski definition) is 3. The lowest BCUT2D eigenvalue weighted by Gasteiger charge is -2.26. The van der Waals surface area contributed by atoms with Gasteiger partial charge < -0.3 is 10.4 Å². The molecular weight excluding hydrogens is 225 g/mol. The Bertz CT molecular complexity index is 370. The third-order valence-corrected chi connectivity index (χ3v) is 3.84. The fourth-order valence-electron chi connectivity index (χ4n) is 1.91. The van der Waals surface area contributed by atoms with Crippen molar-refractivity contribution in [3.05, 3.63) is 29.6 Å². The van der Waals surface area contributed by atoms with E-state index in [2.05, 4.69) is 5.32 Å². The van der Waals surface area contributed by atoms with E-state index in [0.29, 0.717) is 6.54 Å². The first-order chi connectivity index (χ1) is 7.68. The smallest absolute Gasteiger partial charge is 0.137 e. The van der Waals surface area contributed by atoms with Crippen LogP contribution in [0.4, 0.5) is 4.39 Å². The lowest BCUT2D eigenvalue weighted by Crippen LogP contribution is -2.30. The van der Waals surface area contributed by atoms with Gasteiger partial charge in [-0.1, -0.05) is 12.1 Å². The van der Waals surface area contributed by atoms with Gasteiger partial charge in [0.25, 0.3) is 0 Å². The van der Waals surface area contributed by atoms with Crippen molar-refractivity contribution in [2.75, 3.05) is 12.3 Å². The average Bonchev–Trinajstić information content (AvgIpc) is 2.27. The van der Waals surface area contributed by atoms with Gasteiger partial charge in [-0.15, -0.1) is 11.8 Å². The van der Waals surface area contributed by atoms with Crippen molar-refractivity contribution in [1.29, 1.82) is 0 Å². The van der Waals surface area contributed by atoms with Gasteiger partial charge in [-0.25, -0.2) is 4.39 Å². The summed E-state index contributed by atoms with van der Waals surface area (Å²) < 4.78 is 13.5. The number of thioether (sulfide) groups is 1. The lowest BCUT2D eigenvalue weighted by atomic mass is 10.0. The summed E-state index contributed by atoms with van der Waals surface area (Å²) in [6.45, 7) is 2.29. The van der Waals surface area contributed by atoms with E-state index < -0.39 is 0 Å². The molecule has 1 aromatic rings. The van der Waals surface area contributed by atoms with Crippen LogP contribution in [0.3, 0.4) is 0 Å². The van der Waals surface area contributed by atoms with Gasteiger partial charge in [-0.05, 0) is 30.7 Å². The maximum Gasteiger partial charge on any atom is 0.137 e. The normalized spacial score (nSPS) is 21.6. The van der Waals surface area contributed by atoms with Crippen LogP contribution in [0.2, 0.25) is 0 Å². The molecule has 1 aliphatic rings. The molecular formula is C12H16FNOS. The number of rotatable bonds is 3. The first-order valence-corrected chi connectivity index (χ1v) is 6.49. The molecule has 2 atom stereocenters. The SMILES string of the molecule is CC(O)CNC1CCSc2c(F)cccc21. The van der Waals surface area contributed by atoms with Crippen molar-refractivity contribution in [3.8, 4) is 0 Å². The van der Waals surface area contributed by atoms with Crippen molar-refractivity contribution in [3.63, 3.8) is 0 Å². The van der Waals surface area contributed by atoms with Gasteiger partial charge in [-0.3, -0.25) is 0 Å². The monoisotopic (exact) mass is 241 g/mol. The highest BCUT2D eigenvalue weighted by atomic mass is 32.2. The Balaban J connectivity index is 2.16. The molecule has 2 rings (SSSR count). The number of nitrogens with one attached hydrogen (secondary N) is 1. The lowest BCUT2D eigenvalue weighted by molar-refractivity contribution is 0.185. The topological polar surface area (TPSA) is 32.3 Å². The summed E-state index contributed by atoms with van der Waals surface area (Å²) in [5, 5.41) is 12.5. The summed E-state index contributed by atoms with van der Waals surface area (Å²) in [6, 6.07) is 5.38. The highest BCUT2D eigenvalue weighted by Crippen LogP contribution is 2.37. The van der Waals surface area contributed by atoms with Gasteiger partial charge in [0.2, 0.25) is 0 Å². The Morgan fingerprint density at radius 3 is 3.19 bits per heavy atom. The van der Waals surface area contributed by atoms with Crippen molar-refractivity contribution >= 4 is 11.8 Å². The van der Waals surface area contributed by atoms with Crippen molar-refractivity contribution in [2.24, 2.45) is 0 Å². The number of aliphatic hydroxyl groups excluding tert-OH is 1. The predicted octanol–water partition coefficient (Wildman–Crippen LogP) is 2.33. The second kappa shape index (κ2) is 5.17. The van der Waals surface area contributed by atoms with E-state index in [1.807, 2.05) is 6.07 Å². The van der Waals surface area contributed by atoms with E-state index in [-0.39, 0.29) is 18.0 Å². The zero-order valence-electron chi connectivity index (χ0n) is 9.24. The summed E-state index contributed by atoms with van der Waals surface area (Å²) >= 11 is 1.58. The van der Waals surface area contributed by atoms with Gasteiger partial charge in [0, 0.05) is 17.5 Å². The minimum absolute atomic E-state index is 0.133. The zero-order chi connectivity index (χ0) is 11.5. The van der Waals surface area contributed by atoms with Gasteiger partial charge in [0.1, 0.15) is 5.82 Å². The number of aliphatic hydroxyl groups is 1. The molecule has 1 aliphatic heterocycles. The maximum atomic E-state index is 13.5. The summed E-state index contributed by atoms with van der Waals surface area (Å²) in [4.78, 5) is 0.761. The minimum Gasteiger partial charge on any atom is -0.392 e. The predicted molar refractivity (Wildman–Crippen MR) is 64.2 cm³/mol. The Kier molecular flexibility index (Phi) is 3.84. The largest absolute Gasteiger partial charge is 0.392 e. The second-order valence-corrected chi connectivity index (χ2v) is 5.21. The Morgan fingerprint density at radius 2 is 2.44 bits per heavy atom. The maximum absolute atomic E-state index is 13.5. The van der Waals surface area contributed by atoms with Crippen LogP contribution in [0.15, 0.2) is 23.1 Å². The number of halogens is 1. The van der Waals surface area contributed by atoms with E-state index >= 15 is 0 Å². The molecule has 0 aromatic heterocycles. The van der Waals surface area contributed by atoms with Crippen LogP contribution in [0.5, 0.6) is 0 Å². The van der Waals surface area contributed by atoms with Crippen LogP contribution in [-0.4, -0.2) is 23.5 Å². The fourth-order valence-corrected chi connectivity index (χ4v) is 3.05. The highest BCUT2D eigenvalue weighted by molar-refractivity contribution is 7.99. The molecule has 0 radical (unpaired) electrons. The van der Waals surface area contributed by atoms with E-state index in [9.17, 15) is 9.50 Å². The fraction of sp³-hybridized carbons (Fsp3) is 0.500. The molecule has 0 spiro atoms.